The van der Waals surface area contributed by atoms with E-state index >= 15 is 0 Å². The Morgan fingerprint density at radius 1 is 1.13 bits per heavy atom. The zero-order valence-electron chi connectivity index (χ0n) is 19.1. The van der Waals surface area contributed by atoms with Gasteiger partial charge < -0.3 is 25.0 Å². The summed E-state index contributed by atoms with van der Waals surface area (Å²) < 4.78 is 11.6. The molecule has 0 bridgehead atoms. The molecule has 1 aromatic heterocycles. The van der Waals surface area contributed by atoms with Gasteiger partial charge in [-0.1, -0.05) is 23.8 Å². The van der Waals surface area contributed by atoms with Gasteiger partial charge in [0.15, 0.2) is 5.96 Å². The maximum absolute atomic E-state index is 5.81. The predicted molar refractivity (Wildman–Crippen MR) is 126 cm³/mol. The Morgan fingerprint density at radius 2 is 1.87 bits per heavy atom. The summed E-state index contributed by atoms with van der Waals surface area (Å²) in [6.45, 7) is 12.7. The minimum Gasteiger partial charge on any atom is -0.492 e. The van der Waals surface area contributed by atoms with E-state index < -0.39 is 0 Å². The Kier molecular flexibility index (Phi) is 8.53. The van der Waals surface area contributed by atoms with Gasteiger partial charge in [-0.15, -0.1) is 0 Å². The highest BCUT2D eigenvalue weighted by molar-refractivity contribution is 5.79. The summed E-state index contributed by atoms with van der Waals surface area (Å²) in [7, 11) is 0. The van der Waals surface area contributed by atoms with E-state index in [0.717, 1.165) is 42.7 Å². The topological polar surface area (TPSA) is 71.0 Å². The fourth-order valence-corrected chi connectivity index (χ4v) is 3.55. The van der Waals surface area contributed by atoms with Gasteiger partial charge in [0.1, 0.15) is 18.2 Å². The first kappa shape index (κ1) is 22.9. The van der Waals surface area contributed by atoms with E-state index in [-0.39, 0.29) is 12.2 Å². The monoisotopic (exact) mass is 425 g/mol. The molecule has 2 unspecified atom stereocenters. The molecule has 168 valence electrons. The fourth-order valence-electron chi connectivity index (χ4n) is 3.55. The number of nitrogens with zero attached hydrogens (tertiary/aromatic N) is 3. The summed E-state index contributed by atoms with van der Waals surface area (Å²) in [5.41, 5.74) is 2.30. The van der Waals surface area contributed by atoms with Crippen LogP contribution >= 0.6 is 0 Å². The number of anilines is 1. The van der Waals surface area contributed by atoms with Gasteiger partial charge in [-0.05, 0) is 51.5 Å². The van der Waals surface area contributed by atoms with Gasteiger partial charge >= 0.3 is 0 Å². The lowest BCUT2D eigenvalue weighted by Crippen LogP contribution is -2.45. The Bertz CT molecular complexity index is 813. The van der Waals surface area contributed by atoms with Crippen LogP contribution in [-0.2, 0) is 11.3 Å². The third-order valence-corrected chi connectivity index (χ3v) is 5.00. The summed E-state index contributed by atoms with van der Waals surface area (Å²) in [5.74, 6) is 2.65. The Labute approximate surface area is 185 Å². The van der Waals surface area contributed by atoms with Gasteiger partial charge in [0.05, 0.1) is 25.3 Å². The van der Waals surface area contributed by atoms with E-state index in [1.807, 2.05) is 30.5 Å². The molecule has 2 heterocycles. The summed E-state index contributed by atoms with van der Waals surface area (Å²) in [4.78, 5) is 11.6. The highest BCUT2D eigenvalue weighted by atomic mass is 16.5. The number of nitrogens with one attached hydrogen (secondary N) is 2. The number of morpholine rings is 1. The number of guanidine groups is 1. The SMILES string of the molecule is CCNC(=NCc1ccc(N2CC(C)OC(C)C2)nc1)NCCOc1ccc(C)cc1. The van der Waals surface area contributed by atoms with E-state index in [1.54, 1.807) is 0 Å². The Hall–Kier alpha value is -2.80. The Morgan fingerprint density at radius 3 is 2.52 bits per heavy atom. The summed E-state index contributed by atoms with van der Waals surface area (Å²) in [6.07, 6.45) is 2.35. The number of pyridine rings is 1. The smallest absolute Gasteiger partial charge is 0.191 e. The van der Waals surface area contributed by atoms with Crippen LogP contribution in [0.5, 0.6) is 5.75 Å². The van der Waals surface area contributed by atoms with Crippen LogP contribution in [0.4, 0.5) is 5.82 Å². The van der Waals surface area contributed by atoms with Crippen LogP contribution in [0.3, 0.4) is 0 Å². The maximum atomic E-state index is 5.81. The van der Waals surface area contributed by atoms with Gasteiger partial charge in [-0.2, -0.15) is 0 Å². The van der Waals surface area contributed by atoms with Crippen molar-refractivity contribution in [2.75, 3.05) is 37.7 Å². The highest BCUT2D eigenvalue weighted by Crippen LogP contribution is 2.18. The number of aliphatic imine (C=N–C) groups is 1. The van der Waals surface area contributed by atoms with Crippen molar-refractivity contribution in [3.05, 3.63) is 53.7 Å². The zero-order chi connectivity index (χ0) is 22.1. The van der Waals surface area contributed by atoms with Crippen LogP contribution in [0.15, 0.2) is 47.6 Å². The molecular formula is C24H35N5O2. The summed E-state index contributed by atoms with van der Waals surface area (Å²) in [6, 6.07) is 12.3. The summed E-state index contributed by atoms with van der Waals surface area (Å²) >= 11 is 0. The van der Waals surface area contributed by atoms with Crippen LogP contribution in [0, 0.1) is 6.92 Å². The first-order valence-corrected chi connectivity index (χ1v) is 11.1. The normalized spacial score (nSPS) is 19.2. The maximum Gasteiger partial charge on any atom is 0.191 e. The molecule has 2 aromatic rings. The van der Waals surface area contributed by atoms with Crippen molar-refractivity contribution in [2.24, 2.45) is 4.99 Å². The van der Waals surface area contributed by atoms with E-state index in [2.05, 4.69) is 65.3 Å². The second-order valence-corrected chi connectivity index (χ2v) is 7.97. The molecule has 3 rings (SSSR count). The van der Waals surface area contributed by atoms with Gasteiger partial charge in [0, 0.05) is 25.8 Å². The number of rotatable bonds is 8. The van der Waals surface area contributed by atoms with Crippen molar-refractivity contribution < 1.29 is 9.47 Å². The van der Waals surface area contributed by atoms with Crippen LogP contribution in [0.25, 0.3) is 0 Å². The zero-order valence-corrected chi connectivity index (χ0v) is 19.1. The second-order valence-electron chi connectivity index (χ2n) is 7.97. The molecule has 1 saturated heterocycles. The molecule has 2 atom stereocenters. The van der Waals surface area contributed by atoms with Crippen molar-refractivity contribution in [2.45, 2.75) is 46.4 Å². The standard InChI is InChI=1S/C24H35N5O2/c1-5-25-24(26-12-13-30-22-9-6-18(2)7-10-22)28-15-21-8-11-23(27-14-21)29-16-19(3)31-20(4)17-29/h6-11,14,19-20H,5,12-13,15-17H2,1-4H3,(H2,25,26,28). The molecule has 0 amide bonds. The molecule has 7 nitrogen and oxygen atoms in total. The van der Waals surface area contributed by atoms with E-state index in [9.17, 15) is 0 Å². The summed E-state index contributed by atoms with van der Waals surface area (Å²) in [5, 5.41) is 6.59. The van der Waals surface area contributed by atoms with Crippen molar-refractivity contribution in [3.8, 4) is 5.75 Å². The van der Waals surface area contributed by atoms with Crippen molar-refractivity contribution in [1.29, 1.82) is 0 Å². The molecule has 1 fully saturated rings. The molecule has 31 heavy (non-hydrogen) atoms. The fraction of sp³-hybridized carbons (Fsp3) is 0.500. The van der Waals surface area contributed by atoms with Crippen molar-refractivity contribution in [3.63, 3.8) is 0 Å². The largest absolute Gasteiger partial charge is 0.492 e. The molecule has 2 N–H and O–H groups in total. The van der Waals surface area contributed by atoms with E-state index in [1.165, 1.54) is 5.56 Å². The van der Waals surface area contributed by atoms with Crippen molar-refractivity contribution in [1.82, 2.24) is 15.6 Å². The van der Waals surface area contributed by atoms with Crippen LogP contribution in [0.1, 0.15) is 31.9 Å². The van der Waals surface area contributed by atoms with Crippen LogP contribution in [-0.4, -0.2) is 55.9 Å². The number of ether oxygens (including phenoxy) is 2. The van der Waals surface area contributed by atoms with Gasteiger partial charge in [-0.25, -0.2) is 9.98 Å². The third kappa shape index (κ3) is 7.43. The highest BCUT2D eigenvalue weighted by Gasteiger charge is 2.22. The quantitative estimate of drug-likeness (QED) is 0.385. The first-order chi connectivity index (χ1) is 15.0. The molecule has 1 aliphatic heterocycles. The lowest BCUT2D eigenvalue weighted by Gasteiger charge is -2.36. The van der Waals surface area contributed by atoms with Gasteiger partial charge in [0.2, 0.25) is 0 Å². The van der Waals surface area contributed by atoms with Crippen LogP contribution in [0.2, 0.25) is 0 Å². The molecule has 0 aliphatic carbocycles. The van der Waals surface area contributed by atoms with E-state index in [4.69, 9.17) is 9.47 Å². The second kappa shape index (κ2) is 11.6. The number of aryl methyl sites for hydroxylation is 1. The van der Waals surface area contributed by atoms with Crippen LogP contribution < -0.4 is 20.3 Å². The average molecular weight is 426 g/mol. The lowest BCUT2D eigenvalue weighted by molar-refractivity contribution is -0.00545. The predicted octanol–water partition coefficient (Wildman–Crippen LogP) is 3.14. The first-order valence-electron chi connectivity index (χ1n) is 11.1. The Balaban J connectivity index is 1.48. The molecular weight excluding hydrogens is 390 g/mol. The lowest BCUT2D eigenvalue weighted by atomic mass is 10.2. The number of benzene rings is 1. The molecule has 0 radical (unpaired) electrons. The molecule has 0 spiro atoms. The van der Waals surface area contributed by atoms with Crippen molar-refractivity contribution >= 4 is 11.8 Å². The third-order valence-electron chi connectivity index (χ3n) is 5.00. The van der Waals surface area contributed by atoms with Gasteiger partial charge in [0.25, 0.3) is 0 Å². The number of aromatic nitrogens is 1. The van der Waals surface area contributed by atoms with E-state index in [0.29, 0.717) is 19.7 Å². The molecule has 1 aromatic carbocycles. The minimum absolute atomic E-state index is 0.221. The number of hydrogen-bond donors (Lipinski definition) is 2. The average Bonchev–Trinajstić information content (AvgIpc) is 2.76. The minimum atomic E-state index is 0.221. The molecule has 0 saturated carbocycles. The molecule has 7 heteroatoms. The molecule has 1 aliphatic rings. The van der Waals surface area contributed by atoms with Gasteiger partial charge in [-0.3, -0.25) is 0 Å². The number of hydrogen-bond acceptors (Lipinski definition) is 5.